The quantitative estimate of drug-likeness (QED) is 0.178. The standard InChI is InChI=1S/C30H34F6N4O4S/c1-29(2,3)44-25(41)12-17-4-8-20(9-5-17)38-28-37-15-24-26(40-28)21(27(32)33)14-23(39-24)18-6-7-19(22(31)13-18)16-45(42,43)11-10-30(34,35)36/h6-7,13-15,17,20,27H,4-5,8-12,16H2,1-3H3,(H,37,38,40). The first-order chi connectivity index (χ1) is 20.9. The van der Waals surface area contributed by atoms with E-state index in [1.807, 2.05) is 20.8 Å². The lowest BCUT2D eigenvalue weighted by Gasteiger charge is -2.29. The van der Waals surface area contributed by atoms with Crippen molar-refractivity contribution < 1.29 is 44.3 Å². The minimum atomic E-state index is -4.68. The molecule has 8 nitrogen and oxygen atoms in total. The Morgan fingerprint density at radius 2 is 1.76 bits per heavy atom. The van der Waals surface area contributed by atoms with E-state index >= 15 is 0 Å². The van der Waals surface area contributed by atoms with E-state index in [0.29, 0.717) is 6.42 Å². The minimum absolute atomic E-state index is 0.0219. The second-order valence-corrected chi connectivity index (χ2v) is 14.4. The van der Waals surface area contributed by atoms with Gasteiger partial charge in [-0.1, -0.05) is 12.1 Å². The van der Waals surface area contributed by atoms with Crippen LogP contribution >= 0.6 is 0 Å². The molecule has 1 N–H and O–H groups in total. The van der Waals surface area contributed by atoms with Crippen LogP contribution in [0.3, 0.4) is 0 Å². The van der Waals surface area contributed by atoms with Crippen molar-refractivity contribution in [2.45, 2.75) is 89.3 Å². The lowest BCUT2D eigenvalue weighted by molar-refractivity contribution is -0.156. The molecule has 1 aromatic carbocycles. The van der Waals surface area contributed by atoms with Crippen LogP contribution in [0.2, 0.25) is 0 Å². The molecule has 15 heteroatoms. The van der Waals surface area contributed by atoms with Gasteiger partial charge in [-0.25, -0.2) is 36.5 Å². The number of ether oxygens (including phenoxy) is 1. The number of carbonyl (C=O) groups is 1. The molecule has 1 saturated carbocycles. The summed E-state index contributed by atoms with van der Waals surface area (Å²) in [6.07, 6.45) is -4.62. The predicted octanol–water partition coefficient (Wildman–Crippen LogP) is 7.34. The molecule has 0 atom stereocenters. The smallest absolute Gasteiger partial charge is 0.390 e. The first kappa shape index (κ1) is 34.4. The second kappa shape index (κ2) is 13.5. The topological polar surface area (TPSA) is 111 Å². The summed E-state index contributed by atoms with van der Waals surface area (Å²) in [7, 11) is -4.26. The summed E-state index contributed by atoms with van der Waals surface area (Å²) in [5.74, 6) is -3.08. The Hall–Kier alpha value is -3.49. The number of aromatic nitrogens is 3. The predicted molar refractivity (Wildman–Crippen MR) is 156 cm³/mol. The van der Waals surface area contributed by atoms with Crippen molar-refractivity contribution in [3.05, 3.63) is 47.4 Å². The van der Waals surface area contributed by atoms with Gasteiger partial charge in [0.25, 0.3) is 6.43 Å². The summed E-state index contributed by atoms with van der Waals surface area (Å²) in [4.78, 5) is 25.0. The number of carbonyl (C=O) groups excluding carboxylic acids is 1. The lowest BCUT2D eigenvalue weighted by atomic mass is 9.84. The van der Waals surface area contributed by atoms with Crippen molar-refractivity contribution in [3.8, 4) is 11.3 Å². The maximum atomic E-state index is 14.8. The molecule has 2 heterocycles. The first-order valence-corrected chi connectivity index (χ1v) is 16.2. The Kier molecular flexibility index (Phi) is 10.3. The van der Waals surface area contributed by atoms with Crippen LogP contribution in [0.25, 0.3) is 22.3 Å². The third-order valence-electron chi connectivity index (χ3n) is 7.29. The van der Waals surface area contributed by atoms with Crippen LogP contribution in [-0.2, 0) is 25.1 Å². The van der Waals surface area contributed by atoms with Crippen molar-refractivity contribution in [1.29, 1.82) is 0 Å². The van der Waals surface area contributed by atoms with Crippen LogP contribution in [-0.4, -0.2) is 52.9 Å². The number of halogens is 6. The van der Waals surface area contributed by atoms with Gasteiger partial charge in [0.15, 0.2) is 9.84 Å². The molecule has 0 aliphatic heterocycles. The first-order valence-electron chi connectivity index (χ1n) is 14.4. The summed E-state index contributed by atoms with van der Waals surface area (Å²) in [6.45, 7) is 5.45. The Morgan fingerprint density at radius 1 is 1.07 bits per heavy atom. The molecular weight excluding hydrogens is 626 g/mol. The number of benzene rings is 1. The summed E-state index contributed by atoms with van der Waals surface area (Å²) in [5, 5.41) is 3.17. The van der Waals surface area contributed by atoms with Gasteiger partial charge < -0.3 is 10.1 Å². The van der Waals surface area contributed by atoms with Crippen LogP contribution in [0.5, 0.6) is 0 Å². The molecule has 0 amide bonds. The monoisotopic (exact) mass is 660 g/mol. The Morgan fingerprint density at radius 3 is 2.36 bits per heavy atom. The molecule has 246 valence electrons. The van der Waals surface area contributed by atoms with E-state index in [9.17, 15) is 39.6 Å². The number of nitrogens with zero attached hydrogens (tertiary/aromatic N) is 3. The fourth-order valence-electron chi connectivity index (χ4n) is 5.15. The SMILES string of the molecule is CC(C)(C)OC(=O)CC1CCC(Nc2ncc3nc(-c4ccc(CS(=O)(=O)CCC(F)(F)F)c(F)c4)cc(C(F)F)c3n2)CC1. The van der Waals surface area contributed by atoms with E-state index in [1.165, 1.54) is 12.3 Å². The highest BCUT2D eigenvalue weighted by atomic mass is 32.2. The van der Waals surface area contributed by atoms with Crippen LogP contribution in [0, 0.1) is 11.7 Å². The van der Waals surface area contributed by atoms with Gasteiger partial charge in [0, 0.05) is 29.2 Å². The molecule has 0 saturated heterocycles. The normalized spacial score (nSPS) is 17.9. The zero-order chi connectivity index (χ0) is 33.2. The van der Waals surface area contributed by atoms with Gasteiger partial charge in [-0.05, 0) is 64.5 Å². The molecule has 3 aromatic rings. The Bertz CT molecular complexity index is 1640. The van der Waals surface area contributed by atoms with E-state index in [2.05, 4.69) is 20.3 Å². The second-order valence-electron chi connectivity index (χ2n) is 12.2. The number of nitrogens with one attached hydrogen (secondary N) is 1. The van der Waals surface area contributed by atoms with Crippen LogP contribution < -0.4 is 5.32 Å². The molecular formula is C30H34F6N4O4S. The molecule has 2 aromatic heterocycles. The van der Waals surface area contributed by atoms with E-state index in [1.54, 1.807) is 0 Å². The third-order valence-corrected chi connectivity index (χ3v) is 8.86. The van der Waals surface area contributed by atoms with E-state index < -0.39 is 57.3 Å². The van der Waals surface area contributed by atoms with Crippen molar-refractivity contribution in [2.24, 2.45) is 5.92 Å². The van der Waals surface area contributed by atoms with Gasteiger partial charge in [-0.15, -0.1) is 0 Å². The molecule has 0 unspecified atom stereocenters. The number of esters is 1. The number of sulfone groups is 1. The van der Waals surface area contributed by atoms with E-state index in [4.69, 9.17) is 4.74 Å². The van der Waals surface area contributed by atoms with Crippen molar-refractivity contribution in [2.75, 3.05) is 11.1 Å². The molecule has 4 rings (SSSR count). The average molecular weight is 661 g/mol. The highest BCUT2D eigenvalue weighted by molar-refractivity contribution is 7.90. The maximum Gasteiger partial charge on any atom is 0.390 e. The Labute approximate surface area is 256 Å². The number of hydrogen-bond acceptors (Lipinski definition) is 8. The average Bonchev–Trinajstić information content (AvgIpc) is 2.92. The highest BCUT2D eigenvalue weighted by Crippen LogP contribution is 2.33. The van der Waals surface area contributed by atoms with Crippen LogP contribution in [0.15, 0.2) is 30.5 Å². The van der Waals surface area contributed by atoms with Crippen molar-refractivity contribution >= 4 is 32.8 Å². The highest BCUT2D eigenvalue weighted by Gasteiger charge is 2.30. The summed E-state index contributed by atoms with van der Waals surface area (Å²) in [6, 6.07) is 4.26. The van der Waals surface area contributed by atoms with Crippen molar-refractivity contribution in [3.63, 3.8) is 0 Å². The maximum absolute atomic E-state index is 14.8. The lowest BCUT2D eigenvalue weighted by Crippen LogP contribution is -2.30. The van der Waals surface area contributed by atoms with E-state index in [0.717, 1.165) is 43.9 Å². The van der Waals surface area contributed by atoms with Crippen LogP contribution in [0.4, 0.5) is 32.3 Å². The molecule has 0 radical (unpaired) electrons. The number of alkyl halides is 5. The van der Waals surface area contributed by atoms with Gasteiger partial charge in [-0.2, -0.15) is 13.2 Å². The van der Waals surface area contributed by atoms with Crippen LogP contribution in [0.1, 0.15) is 76.8 Å². The molecule has 1 aliphatic rings. The van der Waals surface area contributed by atoms with Gasteiger partial charge in [0.05, 0.1) is 29.8 Å². The van der Waals surface area contributed by atoms with Gasteiger partial charge in [0.2, 0.25) is 5.95 Å². The minimum Gasteiger partial charge on any atom is -0.460 e. The number of pyridine rings is 1. The Balaban J connectivity index is 1.47. The summed E-state index contributed by atoms with van der Waals surface area (Å²) in [5.41, 5.74) is -1.44. The molecule has 1 fully saturated rings. The summed E-state index contributed by atoms with van der Waals surface area (Å²) >= 11 is 0. The molecule has 0 spiro atoms. The fraction of sp³-hybridized carbons (Fsp3) is 0.533. The number of hydrogen-bond donors (Lipinski definition) is 1. The number of fused-ring (bicyclic) bond motifs is 1. The van der Waals surface area contributed by atoms with Crippen molar-refractivity contribution in [1.82, 2.24) is 15.0 Å². The number of rotatable bonds is 10. The summed E-state index contributed by atoms with van der Waals surface area (Å²) < 4.78 is 110. The zero-order valence-corrected chi connectivity index (χ0v) is 25.7. The third kappa shape index (κ3) is 10.00. The molecule has 0 bridgehead atoms. The van der Waals surface area contributed by atoms with Gasteiger partial charge >= 0.3 is 12.1 Å². The molecule has 1 aliphatic carbocycles. The molecule has 45 heavy (non-hydrogen) atoms. The van der Waals surface area contributed by atoms with Gasteiger partial charge in [-0.3, -0.25) is 4.79 Å². The van der Waals surface area contributed by atoms with E-state index in [-0.39, 0.29) is 51.7 Å². The zero-order valence-electron chi connectivity index (χ0n) is 24.9. The van der Waals surface area contributed by atoms with Gasteiger partial charge in [0.1, 0.15) is 22.5 Å². The largest absolute Gasteiger partial charge is 0.460 e. The number of anilines is 1. The fourth-order valence-corrected chi connectivity index (χ4v) is 6.54.